The minimum atomic E-state index is -3.60. The molecule has 0 fully saturated rings. The molecule has 1 aromatic carbocycles. The highest BCUT2D eigenvalue weighted by Crippen LogP contribution is 2.09. The minimum absolute atomic E-state index is 0.168. The first kappa shape index (κ1) is 14.5. The molecule has 6 heteroatoms. The maximum absolute atomic E-state index is 11.2. The summed E-state index contributed by atoms with van der Waals surface area (Å²) in [6.45, 7) is 1.60. The van der Waals surface area contributed by atoms with E-state index in [1.54, 1.807) is 12.1 Å². The highest BCUT2D eigenvalue weighted by atomic mass is 32.2. The molecular formula is C11H18N2O2S2. The number of benzene rings is 1. The molecule has 0 unspecified atom stereocenters. The molecule has 0 aliphatic carbocycles. The van der Waals surface area contributed by atoms with Crippen LogP contribution in [0.5, 0.6) is 0 Å². The van der Waals surface area contributed by atoms with E-state index in [0.717, 1.165) is 24.3 Å². The van der Waals surface area contributed by atoms with Crippen molar-refractivity contribution in [2.45, 2.75) is 17.9 Å². The SMILES string of the molecule is CSCCCNCc1cccc(S(N)(=O)=O)c1. The Balaban J connectivity index is 2.49. The standard InChI is InChI=1S/C11H18N2O2S2/c1-16-7-3-6-13-9-10-4-2-5-11(8-10)17(12,14)15/h2,4-5,8,13H,3,6-7,9H2,1H3,(H2,12,14,15). The number of hydrogen-bond acceptors (Lipinski definition) is 4. The van der Waals surface area contributed by atoms with Gasteiger partial charge in [0.05, 0.1) is 4.90 Å². The van der Waals surface area contributed by atoms with Crippen LogP contribution in [-0.4, -0.2) is 27.0 Å². The van der Waals surface area contributed by atoms with E-state index in [1.165, 1.54) is 6.07 Å². The van der Waals surface area contributed by atoms with Crippen molar-refractivity contribution in [2.24, 2.45) is 5.14 Å². The van der Waals surface area contributed by atoms with Gasteiger partial charge in [0.15, 0.2) is 0 Å². The van der Waals surface area contributed by atoms with Gasteiger partial charge in [-0.1, -0.05) is 12.1 Å². The van der Waals surface area contributed by atoms with Crippen LogP contribution in [0, 0.1) is 0 Å². The summed E-state index contributed by atoms with van der Waals surface area (Å²) in [7, 11) is -3.60. The largest absolute Gasteiger partial charge is 0.313 e. The number of hydrogen-bond donors (Lipinski definition) is 2. The smallest absolute Gasteiger partial charge is 0.238 e. The minimum Gasteiger partial charge on any atom is -0.313 e. The highest BCUT2D eigenvalue weighted by Gasteiger charge is 2.07. The molecule has 17 heavy (non-hydrogen) atoms. The lowest BCUT2D eigenvalue weighted by Crippen LogP contribution is -2.16. The van der Waals surface area contributed by atoms with Crippen LogP contribution in [0.4, 0.5) is 0 Å². The van der Waals surface area contributed by atoms with E-state index in [0.29, 0.717) is 6.54 Å². The van der Waals surface area contributed by atoms with Crippen molar-refractivity contribution in [3.8, 4) is 0 Å². The van der Waals surface area contributed by atoms with Gasteiger partial charge in [-0.05, 0) is 42.7 Å². The number of nitrogens with two attached hydrogens (primary N) is 1. The van der Waals surface area contributed by atoms with Crippen molar-refractivity contribution in [3.63, 3.8) is 0 Å². The molecule has 0 aromatic heterocycles. The van der Waals surface area contributed by atoms with Crippen molar-refractivity contribution < 1.29 is 8.42 Å². The fourth-order valence-electron chi connectivity index (χ4n) is 1.41. The number of primary sulfonamides is 1. The third-order valence-corrected chi connectivity index (χ3v) is 3.87. The molecule has 1 aromatic rings. The summed E-state index contributed by atoms with van der Waals surface area (Å²) >= 11 is 1.82. The molecule has 0 heterocycles. The van der Waals surface area contributed by atoms with Crippen LogP contribution in [0.2, 0.25) is 0 Å². The Morgan fingerprint density at radius 2 is 2.18 bits per heavy atom. The molecule has 0 bridgehead atoms. The molecule has 0 aliphatic heterocycles. The van der Waals surface area contributed by atoms with Gasteiger partial charge >= 0.3 is 0 Å². The normalized spacial score (nSPS) is 11.6. The Bertz CT molecular complexity index is 447. The molecule has 0 amide bonds. The molecule has 1 rings (SSSR count). The van der Waals surface area contributed by atoms with Crippen molar-refractivity contribution in [3.05, 3.63) is 29.8 Å². The van der Waals surface area contributed by atoms with Crippen molar-refractivity contribution in [1.82, 2.24) is 5.32 Å². The Hall–Kier alpha value is -0.560. The lowest BCUT2D eigenvalue weighted by Gasteiger charge is -2.05. The van der Waals surface area contributed by atoms with Gasteiger partial charge in [-0.15, -0.1) is 0 Å². The summed E-state index contributed by atoms with van der Waals surface area (Å²) in [5.74, 6) is 1.13. The molecule has 0 aliphatic rings. The van der Waals surface area contributed by atoms with E-state index in [4.69, 9.17) is 5.14 Å². The van der Waals surface area contributed by atoms with E-state index in [2.05, 4.69) is 11.6 Å². The summed E-state index contributed by atoms with van der Waals surface area (Å²) in [5.41, 5.74) is 0.931. The summed E-state index contributed by atoms with van der Waals surface area (Å²) in [6.07, 6.45) is 3.19. The molecule has 0 saturated heterocycles. The number of rotatable bonds is 7. The first-order valence-electron chi connectivity index (χ1n) is 5.35. The van der Waals surface area contributed by atoms with Gasteiger partial charge in [0, 0.05) is 6.54 Å². The quantitative estimate of drug-likeness (QED) is 0.732. The number of thioether (sulfide) groups is 1. The fraction of sp³-hybridized carbons (Fsp3) is 0.455. The van der Waals surface area contributed by atoms with Gasteiger partial charge in [0.25, 0.3) is 0 Å². The molecular weight excluding hydrogens is 256 g/mol. The third kappa shape index (κ3) is 5.54. The van der Waals surface area contributed by atoms with E-state index < -0.39 is 10.0 Å². The van der Waals surface area contributed by atoms with E-state index in [9.17, 15) is 8.42 Å². The number of sulfonamides is 1. The van der Waals surface area contributed by atoms with Gasteiger partial charge in [0.2, 0.25) is 10.0 Å². The predicted molar refractivity (Wildman–Crippen MR) is 72.5 cm³/mol. The summed E-state index contributed by atoms with van der Waals surface area (Å²) in [5, 5.41) is 8.34. The zero-order valence-electron chi connectivity index (χ0n) is 9.85. The Morgan fingerprint density at radius 1 is 1.41 bits per heavy atom. The first-order chi connectivity index (χ1) is 8.04. The fourth-order valence-corrected chi connectivity index (χ4v) is 2.42. The van der Waals surface area contributed by atoms with Gasteiger partial charge in [0.1, 0.15) is 0 Å². The molecule has 0 spiro atoms. The Labute approximate surface area is 107 Å². The van der Waals surface area contributed by atoms with Crippen molar-refractivity contribution >= 4 is 21.8 Å². The van der Waals surface area contributed by atoms with Crippen LogP contribution in [0.1, 0.15) is 12.0 Å². The molecule has 0 radical (unpaired) electrons. The third-order valence-electron chi connectivity index (χ3n) is 2.26. The maximum atomic E-state index is 11.2. The second kappa shape index (κ2) is 7.00. The van der Waals surface area contributed by atoms with Crippen LogP contribution < -0.4 is 10.5 Å². The van der Waals surface area contributed by atoms with E-state index in [1.807, 2.05) is 17.8 Å². The lowest BCUT2D eigenvalue weighted by molar-refractivity contribution is 0.597. The Kier molecular flexibility index (Phi) is 5.97. The summed E-state index contributed by atoms with van der Waals surface area (Å²) in [6, 6.07) is 6.71. The second-order valence-corrected chi connectivity index (χ2v) is 6.26. The van der Waals surface area contributed by atoms with Crippen LogP contribution in [-0.2, 0) is 16.6 Å². The van der Waals surface area contributed by atoms with Gasteiger partial charge < -0.3 is 5.32 Å². The maximum Gasteiger partial charge on any atom is 0.238 e. The molecule has 3 N–H and O–H groups in total. The van der Waals surface area contributed by atoms with E-state index in [-0.39, 0.29) is 4.90 Å². The summed E-state index contributed by atoms with van der Waals surface area (Å²) < 4.78 is 22.3. The molecule has 0 saturated carbocycles. The predicted octanol–water partition coefficient (Wildman–Crippen LogP) is 1.18. The van der Waals surface area contributed by atoms with Crippen LogP contribution in [0.15, 0.2) is 29.2 Å². The van der Waals surface area contributed by atoms with E-state index >= 15 is 0 Å². The summed E-state index contributed by atoms with van der Waals surface area (Å²) in [4.78, 5) is 0.168. The lowest BCUT2D eigenvalue weighted by atomic mass is 10.2. The highest BCUT2D eigenvalue weighted by molar-refractivity contribution is 7.98. The van der Waals surface area contributed by atoms with Crippen LogP contribution in [0.25, 0.3) is 0 Å². The van der Waals surface area contributed by atoms with Crippen LogP contribution >= 0.6 is 11.8 Å². The average Bonchev–Trinajstić information content (AvgIpc) is 2.28. The monoisotopic (exact) mass is 274 g/mol. The average molecular weight is 274 g/mol. The number of nitrogens with one attached hydrogen (secondary N) is 1. The van der Waals surface area contributed by atoms with Gasteiger partial charge in [-0.2, -0.15) is 11.8 Å². The zero-order valence-corrected chi connectivity index (χ0v) is 11.5. The Morgan fingerprint density at radius 3 is 2.82 bits per heavy atom. The molecule has 4 nitrogen and oxygen atoms in total. The van der Waals surface area contributed by atoms with Crippen LogP contribution in [0.3, 0.4) is 0 Å². The first-order valence-corrected chi connectivity index (χ1v) is 8.29. The molecule has 0 atom stereocenters. The second-order valence-electron chi connectivity index (χ2n) is 3.72. The topological polar surface area (TPSA) is 72.2 Å². The van der Waals surface area contributed by atoms with Gasteiger partial charge in [-0.3, -0.25) is 0 Å². The zero-order chi connectivity index (χ0) is 12.7. The van der Waals surface area contributed by atoms with Gasteiger partial charge in [-0.25, -0.2) is 13.6 Å². The van der Waals surface area contributed by atoms with Crippen molar-refractivity contribution in [2.75, 3.05) is 18.6 Å². The molecule has 96 valence electrons. The van der Waals surface area contributed by atoms with Crippen molar-refractivity contribution in [1.29, 1.82) is 0 Å².